The van der Waals surface area contributed by atoms with Gasteiger partial charge in [-0.05, 0) is 24.3 Å². The summed E-state index contributed by atoms with van der Waals surface area (Å²) in [6.45, 7) is 0.0637. The molecule has 0 aromatic heterocycles. The van der Waals surface area contributed by atoms with Crippen molar-refractivity contribution in [3.05, 3.63) is 54.1 Å². The first-order valence-electron chi connectivity index (χ1n) is 6.74. The van der Waals surface area contributed by atoms with Crippen molar-refractivity contribution in [3.63, 3.8) is 0 Å². The lowest BCUT2D eigenvalue weighted by atomic mass is 10.2. The zero-order chi connectivity index (χ0) is 16.7. The molecule has 0 saturated heterocycles. The van der Waals surface area contributed by atoms with E-state index in [0.717, 1.165) is 0 Å². The highest BCUT2D eigenvalue weighted by atomic mass is 16.6. The number of carbonyl (C=O) groups is 2. The Morgan fingerprint density at radius 2 is 1.78 bits per heavy atom. The van der Waals surface area contributed by atoms with Gasteiger partial charge < -0.3 is 19.7 Å². The number of para-hydroxylation sites is 1. The Labute approximate surface area is 132 Å². The minimum atomic E-state index is -1.23. The molecule has 0 saturated carbocycles. The molecule has 0 unspecified atom stereocenters. The number of hydrogen-bond donors (Lipinski definition) is 3. The third-order valence-electron chi connectivity index (χ3n) is 2.81. The molecule has 0 aliphatic heterocycles. The van der Waals surface area contributed by atoms with Gasteiger partial charge in [-0.25, -0.2) is 9.59 Å². The van der Waals surface area contributed by atoms with Gasteiger partial charge >= 0.3 is 12.1 Å². The van der Waals surface area contributed by atoms with Crippen molar-refractivity contribution in [2.45, 2.75) is 0 Å². The van der Waals surface area contributed by atoms with Gasteiger partial charge in [0.1, 0.15) is 30.3 Å². The molecule has 7 nitrogen and oxygen atoms in total. The van der Waals surface area contributed by atoms with Crippen LogP contribution in [0.3, 0.4) is 0 Å². The molecule has 3 N–H and O–H groups in total. The SMILES string of the molecule is O=C(Nc1ccccc1)OCCOc1ccc(C(=O)O)c(O)c1. The molecule has 120 valence electrons. The fourth-order valence-electron chi connectivity index (χ4n) is 1.75. The molecule has 2 aromatic rings. The number of phenols is 1. The first-order valence-corrected chi connectivity index (χ1v) is 6.74. The number of aromatic hydroxyl groups is 1. The summed E-state index contributed by atoms with van der Waals surface area (Å²) < 4.78 is 10.2. The molecule has 0 aliphatic rings. The summed E-state index contributed by atoms with van der Waals surface area (Å²) in [7, 11) is 0. The lowest BCUT2D eigenvalue weighted by molar-refractivity contribution is 0.0693. The maximum atomic E-state index is 11.5. The van der Waals surface area contributed by atoms with Crippen molar-refractivity contribution in [2.75, 3.05) is 18.5 Å². The molecule has 0 bridgehead atoms. The van der Waals surface area contributed by atoms with Crippen LogP contribution < -0.4 is 10.1 Å². The average molecular weight is 317 g/mol. The molecular weight excluding hydrogens is 302 g/mol. The third kappa shape index (κ3) is 4.92. The number of benzene rings is 2. The lowest BCUT2D eigenvalue weighted by Crippen LogP contribution is -2.17. The summed E-state index contributed by atoms with van der Waals surface area (Å²) >= 11 is 0. The number of carboxylic acid groups (broad SMARTS) is 1. The summed E-state index contributed by atoms with van der Waals surface area (Å²) in [5.74, 6) is -1.34. The third-order valence-corrected chi connectivity index (χ3v) is 2.81. The van der Waals surface area contributed by atoms with Gasteiger partial charge in [0, 0.05) is 11.8 Å². The van der Waals surface area contributed by atoms with Gasteiger partial charge in [0.15, 0.2) is 0 Å². The Morgan fingerprint density at radius 3 is 2.43 bits per heavy atom. The summed E-state index contributed by atoms with van der Waals surface area (Å²) in [6, 6.07) is 12.7. The zero-order valence-corrected chi connectivity index (χ0v) is 12.1. The van der Waals surface area contributed by atoms with Crippen molar-refractivity contribution < 1.29 is 29.3 Å². The van der Waals surface area contributed by atoms with E-state index in [2.05, 4.69) is 5.32 Å². The molecule has 1 amide bonds. The number of rotatable bonds is 6. The van der Waals surface area contributed by atoms with E-state index in [4.69, 9.17) is 14.6 Å². The van der Waals surface area contributed by atoms with Crippen LogP contribution in [0.4, 0.5) is 10.5 Å². The van der Waals surface area contributed by atoms with Crippen LogP contribution in [0.5, 0.6) is 11.5 Å². The minimum Gasteiger partial charge on any atom is -0.507 e. The van der Waals surface area contributed by atoms with E-state index in [0.29, 0.717) is 5.69 Å². The van der Waals surface area contributed by atoms with Crippen LogP contribution in [0.25, 0.3) is 0 Å². The van der Waals surface area contributed by atoms with Crippen molar-refractivity contribution in [3.8, 4) is 11.5 Å². The maximum Gasteiger partial charge on any atom is 0.411 e. The number of carboxylic acids is 1. The highest BCUT2D eigenvalue weighted by molar-refractivity contribution is 5.90. The number of carbonyl (C=O) groups excluding carboxylic acids is 1. The van der Waals surface area contributed by atoms with Crippen LogP contribution in [-0.4, -0.2) is 35.5 Å². The Morgan fingerprint density at radius 1 is 1.04 bits per heavy atom. The van der Waals surface area contributed by atoms with E-state index in [-0.39, 0.29) is 24.5 Å². The second-order valence-electron chi connectivity index (χ2n) is 4.46. The molecule has 23 heavy (non-hydrogen) atoms. The molecule has 7 heteroatoms. The normalized spacial score (nSPS) is 9.91. The molecular formula is C16H15NO6. The Balaban J connectivity index is 1.74. The van der Waals surface area contributed by atoms with Crippen molar-refractivity contribution in [1.82, 2.24) is 0 Å². The maximum absolute atomic E-state index is 11.5. The van der Waals surface area contributed by atoms with Gasteiger partial charge in [-0.3, -0.25) is 5.32 Å². The first kappa shape index (κ1) is 16.2. The Kier molecular flexibility index (Phi) is 5.40. The van der Waals surface area contributed by atoms with Gasteiger partial charge in [0.05, 0.1) is 0 Å². The average Bonchev–Trinajstić information content (AvgIpc) is 2.52. The fraction of sp³-hybridized carbons (Fsp3) is 0.125. The predicted octanol–water partition coefficient (Wildman–Crippen LogP) is 2.72. The molecule has 0 fully saturated rings. The van der Waals surface area contributed by atoms with E-state index < -0.39 is 17.8 Å². The van der Waals surface area contributed by atoms with Crippen molar-refractivity contribution >= 4 is 17.7 Å². The fourth-order valence-corrected chi connectivity index (χ4v) is 1.75. The largest absolute Gasteiger partial charge is 0.507 e. The van der Waals surface area contributed by atoms with E-state index in [1.165, 1.54) is 18.2 Å². The second-order valence-corrected chi connectivity index (χ2v) is 4.46. The number of ether oxygens (including phenoxy) is 2. The van der Waals surface area contributed by atoms with Crippen LogP contribution in [0.1, 0.15) is 10.4 Å². The lowest BCUT2D eigenvalue weighted by Gasteiger charge is -2.09. The molecule has 2 aromatic carbocycles. The van der Waals surface area contributed by atoms with E-state index in [1.54, 1.807) is 24.3 Å². The zero-order valence-electron chi connectivity index (χ0n) is 12.1. The van der Waals surface area contributed by atoms with Gasteiger partial charge in [0.25, 0.3) is 0 Å². The predicted molar refractivity (Wildman–Crippen MR) is 82.0 cm³/mol. The van der Waals surface area contributed by atoms with Gasteiger partial charge in [-0.2, -0.15) is 0 Å². The highest BCUT2D eigenvalue weighted by Crippen LogP contribution is 2.23. The standard InChI is InChI=1S/C16H15NO6/c18-14-10-12(6-7-13(14)15(19)20)22-8-9-23-16(21)17-11-4-2-1-3-5-11/h1-7,10,18H,8-9H2,(H,17,21)(H,19,20). The number of nitrogens with one attached hydrogen (secondary N) is 1. The summed E-state index contributed by atoms with van der Waals surface area (Å²) in [6.07, 6.45) is -0.608. The quantitative estimate of drug-likeness (QED) is 0.707. The van der Waals surface area contributed by atoms with Crippen molar-refractivity contribution in [1.29, 1.82) is 0 Å². The molecule has 2 rings (SSSR count). The topological polar surface area (TPSA) is 105 Å². The van der Waals surface area contributed by atoms with Crippen LogP contribution in [0.2, 0.25) is 0 Å². The van der Waals surface area contributed by atoms with E-state index >= 15 is 0 Å². The number of aromatic carboxylic acids is 1. The van der Waals surface area contributed by atoms with Gasteiger partial charge in [0.2, 0.25) is 0 Å². The number of hydrogen-bond acceptors (Lipinski definition) is 5. The molecule has 0 aliphatic carbocycles. The smallest absolute Gasteiger partial charge is 0.411 e. The summed E-state index contributed by atoms with van der Waals surface area (Å²) in [4.78, 5) is 22.3. The molecule has 0 spiro atoms. The van der Waals surface area contributed by atoms with Crippen molar-refractivity contribution in [2.24, 2.45) is 0 Å². The van der Waals surface area contributed by atoms with Crippen LogP contribution in [0, 0.1) is 0 Å². The molecule has 0 atom stereocenters. The first-order chi connectivity index (χ1) is 11.1. The monoisotopic (exact) mass is 317 g/mol. The Hall–Kier alpha value is -3.22. The molecule has 0 heterocycles. The van der Waals surface area contributed by atoms with Crippen LogP contribution in [-0.2, 0) is 4.74 Å². The van der Waals surface area contributed by atoms with Gasteiger partial charge in [-0.15, -0.1) is 0 Å². The van der Waals surface area contributed by atoms with Crippen LogP contribution in [0.15, 0.2) is 48.5 Å². The number of anilines is 1. The Bertz CT molecular complexity index is 686. The minimum absolute atomic E-state index is 0.000110. The second kappa shape index (κ2) is 7.69. The summed E-state index contributed by atoms with van der Waals surface area (Å²) in [5, 5.41) is 20.8. The highest BCUT2D eigenvalue weighted by Gasteiger charge is 2.10. The number of amides is 1. The van der Waals surface area contributed by atoms with E-state index in [9.17, 15) is 14.7 Å². The van der Waals surface area contributed by atoms with Crippen LogP contribution >= 0.6 is 0 Å². The van der Waals surface area contributed by atoms with Gasteiger partial charge in [-0.1, -0.05) is 18.2 Å². The molecule has 0 radical (unpaired) electrons. The summed E-state index contributed by atoms with van der Waals surface area (Å²) in [5.41, 5.74) is 0.406. The van der Waals surface area contributed by atoms with E-state index in [1.807, 2.05) is 6.07 Å².